The van der Waals surface area contributed by atoms with E-state index in [2.05, 4.69) is 0 Å². The Morgan fingerprint density at radius 3 is 2.38 bits per heavy atom. The highest BCUT2D eigenvalue weighted by Gasteiger charge is 2.35. The van der Waals surface area contributed by atoms with Gasteiger partial charge in [-0.1, -0.05) is 42.5 Å². The van der Waals surface area contributed by atoms with E-state index in [9.17, 15) is 14.0 Å². The number of rotatable bonds is 8. The molecule has 2 amide bonds. The zero-order valence-electron chi connectivity index (χ0n) is 20.0. The van der Waals surface area contributed by atoms with Gasteiger partial charge in [0.05, 0.1) is 19.3 Å². The molecule has 3 rings (SSSR count). The lowest BCUT2D eigenvalue weighted by Gasteiger charge is -2.31. The van der Waals surface area contributed by atoms with Crippen LogP contribution in [0.2, 0.25) is 0 Å². The second-order valence-corrected chi connectivity index (χ2v) is 9.28. The summed E-state index contributed by atoms with van der Waals surface area (Å²) in [4.78, 5) is 28.7. The fraction of sp³-hybridized carbons (Fsp3) is 0.462. The van der Waals surface area contributed by atoms with Crippen LogP contribution < -0.4 is 0 Å². The van der Waals surface area contributed by atoms with Crippen molar-refractivity contribution in [2.24, 2.45) is 0 Å². The first-order chi connectivity index (χ1) is 16.2. The number of nitrogens with zero attached hydrogens (tertiary/aromatic N) is 2. The van der Waals surface area contributed by atoms with E-state index in [1.807, 2.05) is 51.1 Å². The quantitative estimate of drug-likeness (QED) is 0.507. The van der Waals surface area contributed by atoms with E-state index in [1.165, 1.54) is 12.1 Å². The second-order valence-electron chi connectivity index (χ2n) is 9.28. The molecule has 7 nitrogen and oxygen atoms in total. The van der Waals surface area contributed by atoms with Gasteiger partial charge in [-0.25, -0.2) is 14.0 Å². The highest BCUT2D eigenvalue weighted by molar-refractivity contribution is 5.70. The van der Waals surface area contributed by atoms with Crippen LogP contribution in [-0.2, 0) is 27.4 Å². The van der Waals surface area contributed by atoms with E-state index in [1.54, 1.807) is 21.9 Å². The third-order valence-electron chi connectivity index (χ3n) is 5.35. The minimum absolute atomic E-state index is 0.200. The Labute approximate surface area is 200 Å². The smallest absolute Gasteiger partial charge is 0.410 e. The number of carbonyl (C=O) groups excluding carboxylic acids is 2. The van der Waals surface area contributed by atoms with E-state index in [4.69, 9.17) is 14.2 Å². The highest BCUT2D eigenvalue weighted by Crippen LogP contribution is 2.20. The third-order valence-corrected chi connectivity index (χ3v) is 5.35. The summed E-state index contributed by atoms with van der Waals surface area (Å²) in [7, 11) is 0. The molecule has 0 bridgehead atoms. The normalized spacial score (nSPS) is 15.8. The van der Waals surface area contributed by atoms with Gasteiger partial charge >= 0.3 is 12.2 Å². The average Bonchev–Trinajstić information content (AvgIpc) is 3.28. The van der Waals surface area contributed by atoms with Gasteiger partial charge in [-0.05, 0) is 50.5 Å². The Morgan fingerprint density at radius 1 is 1.03 bits per heavy atom. The minimum atomic E-state index is -0.642. The van der Waals surface area contributed by atoms with E-state index >= 15 is 0 Å². The predicted molar refractivity (Wildman–Crippen MR) is 126 cm³/mol. The highest BCUT2D eigenvalue weighted by atomic mass is 19.1. The maximum atomic E-state index is 13.1. The summed E-state index contributed by atoms with van der Waals surface area (Å²) < 4.78 is 29.8. The van der Waals surface area contributed by atoms with Gasteiger partial charge in [0, 0.05) is 19.6 Å². The monoisotopic (exact) mass is 472 g/mol. The molecule has 0 radical (unpaired) electrons. The Morgan fingerprint density at radius 2 is 1.71 bits per heavy atom. The van der Waals surface area contributed by atoms with Crippen molar-refractivity contribution >= 4 is 12.2 Å². The molecule has 0 aromatic heterocycles. The van der Waals surface area contributed by atoms with Gasteiger partial charge in [0.15, 0.2) is 0 Å². The van der Waals surface area contributed by atoms with Crippen LogP contribution in [0.15, 0.2) is 54.6 Å². The summed E-state index contributed by atoms with van der Waals surface area (Å²) in [6.45, 7) is 7.42. The van der Waals surface area contributed by atoms with Crippen molar-refractivity contribution in [1.29, 1.82) is 0 Å². The summed E-state index contributed by atoms with van der Waals surface area (Å²) in [5.41, 5.74) is 1.12. The van der Waals surface area contributed by atoms with Crippen LogP contribution in [0.4, 0.5) is 14.0 Å². The van der Waals surface area contributed by atoms with Gasteiger partial charge in [-0.2, -0.15) is 0 Å². The molecule has 184 valence electrons. The number of benzene rings is 2. The van der Waals surface area contributed by atoms with Crippen LogP contribution in [0.1, 0.15) is 38.3 Å². The van der Waals surface area contributed by atoms with Gasteiger partial charge in [0.25, 0.3) is 0 Å². The first kappa shape index (κ1) is 25.5. The van der Waals surface area contributed by atoms with Crippen molar-refractivity contribution in [2.45, 2.75) is 52.0 Å². The lowest BCUT2D eigenvalue weighted by atomic mass is 10.2. The van der Waals surface area contributed by atoms with E-state index in [0.717, 1.165) is 11.1 Å². The molecule has 2 aromatic rings. The molecule has 1 aliphatic rings. The molecule has 8 heteroatoms. The van der Waals surface area contributed by atoms with Gasteiger partial charge in [0.2, 0.25) is 0 Å². The molecule has 0 aliphatic carbocycles. The maximum absolute atomic E-state index is 13.1. The molecule has 2 aromatic carbocycles. The Balaban J connectivity index is 1.53. The number of hydrogen-bond acceptors (Lipinski definition) is 5. The van der Waals surface area contributed by atoms with Crippen molar-refractivity contribution in [3.63, 3.8) is 0 Å². The molecule has 0 saturated carbocycles. The first-order valence-electron chi connectivity index (χ1n) is 11.5. The standard InChI is InChI=1S/C26H33FN2O5/c1-26(2,3)34-25(31)29(15-16-32-18-21-9-11-22(27)12-10-21)23-13-14-28(17-23)24(30)33-19-20-7-5-4-6-8-20/h4-12,23H,13-19H2,1-3H3. The van der Waals surface area contributed by atoms with E-state index in [-0.39, 0.29) is 25.1 Å². The zero-order valence-corrected chi connectivity index (χ0v) is 20.0. The molecule has 0 spiro atoms. The van der Waals surface area contributed by atoms with Crippen molar-refractivity contribution < 1.29 is 28.2 Å². The first-order valence-corrected chi connectivity index (χ1v) is 11.5. The zero-order chi connectivity index (χ0) is 24.6. The van der Waals surface area contributed by atoms with E-state index in [0.29, 0.717) is 32.7 Å². The van der Waals surface area contributed by atoms with Gasteiger partial charge < -0.3 is 24.0 Å². The Bertz CT molecular complexity index is 930. The van der Waals surface area contributed by atoms with Crippen LogP contribution in [0.5, 0.6) is 0 Å². The fourth-order valence-corrected chi connectivity index (χ4v) is 3.65. The van der Waals surface area contributed by atoms with E-state index < -0.39 is 17.8 Å². The second kappa shape index (κ2) is 11.8. The lowest BCUT2D eigenvalue weighted by molar-refractivity contribution is 0.00687. The summed E-state index contributed by atoms with van der Waals surface area (Å²) in [6, 6.07) is 15.4. The van der Waals surface area contributed by atoms with Crippen LogP contribution in [0.3, 0.4) is 0 Å². The van der Waals surface area contributed by atoms with Gasteiger partial charge in [-0.15, -0.1) is 0 Å². The molecule has 34 heavy (non-hydrogen) atoms. The molecule has 1 heterocycles. The maximum Gasteiger partial charge on any atom is 0.410 e. The van der Waals surface area contributed by atoms with Crippen molar-refractivity contribution in [1.82, 2.24) is 9.80 Å². The molecule has 1 saturated heterocycles. The summed E-state index contributed by atoms with van der Waals surface area (Å²) >= 11 is 0. The number of hydrogen-bond donors (Lipinski definition) is 0. The van der Waals surface area contributed by atoms with Crippen LogP contribution in [-0.4, -0.2) is 59.9 Å². The SMILES string of the molecule is CC(C)(C)OC(=O)N(CCOCc1ccc(F)cc1)C1CCN(C(=O)OCc2ccccc2)C1. The van der Waals surface area contributed by atoms with Gasteiger partial charge in [-0.3, -0.25) is 0 Å². The number of amides is 2. The molecule has 1 aliphatic heterocycles. The predicted octanol–water partition coefficient (Wildman–Crippen LogP) is 4.99. The van der Waals surface area contributed by atoms with Crippen molar-refractivity contribution in [3.8, 4) is 0 Å². The summed E-state index contributed by atoms with van der Waals surface area (Å²) in [5.74, 6) is -0.298. The Kier molecular flexibility index (Phi) is 8.87. The van der Waals surface area contributed by atoms with Crippen LogP contribution in [0.25, 0.3) is 0 Å². The lowest BCUT2D eigenvalue weighted by Crippen LogP contribution is -2.46. The van der Waals surface area contributed by atoms with Gasteiger partial charge in [0.1, 0.15) is 18.0 Å². The molecule has 1 atom stereocenters. The molecule has 1 fully saturated rings. The Hall–Kier alpha value is -3.13. The van der Waals surface area contributed by atoms with Crippen LogP contribution >= 0.6 is 0 Å². The summed E-state index contributed by atoms with van der Waals surface area (Å²) in [6.07, 6.45) is -0.220. The molecular formula is C26H33FN2O5. The number of halogens is 1. The molecule has 0 N–H and O–H groups in total. The van der Waals surface area contributed by atoms with Crippen molar-refractivity contribution in [3.05, 3.63) is 71.5 Å². The number of carbonyl (C=O) groups is 2. The molecule has 1 unspecified atom stereocenters. The topological polar surface area (TPSA) is 68.3 Å². The number of likely N-dealkylation sites (tertiary alicyclic amines) is 1. The molecular weight excluding hydrogens is 439 g/mol. The van der Waals surface area contributed by atoms with Crippen LogP contribution in [0, 0.1) is 5.82 Å². The summed E-state index contributed by atoms with van der Waals surface area (Å²) in [5, 5.41) is 0. The fourth-order valence-electron chi connectivity index (χ4n) is 3.65. The minimum Gasteiger partial charge on any atom is -0.445 e. The third kappa shape index (κ3) is 8.02. The van der Waals surface area contributed by atoms with Crippen molar-refractivity contribution in [2.75, 3.05) is 26.2 Å². The largest absolute Gasteiger partial charge is 0.445 e. The number of ether oxygens (including phenoxy) is 3. The average molecular weight is 473 g/mol.